The molecule has 0 unspecified atom stereocenters. The van der Waals surface area contributed by atoms with Crippen molar-refractivity contribution in [1.29, 1.82) is 0 Å². The third-order valence-electron chi connectivity index (χ3n) is 4.67. The minimum Gasteiger partial charge on any atom is -0.501 e. The van der Waals surface area contributed by atoms with Crippen LogP contribution in [0.2, 0.25) is 0 Å². The van der Waals surface area contributed by atoms with Crippen LogP contribution in [0.3, 0.4) is 0 Å². The number of carbonyl (C=O) groups is 1. The molecule has 1 saturated heterocycles. The first-order valence-corrected chi connectivity index (χ1v) is 9.77. The Hall–Kier alpha value is -2.80. The summed E-state index contributed by atoms with van der Waals surface area (Å²) in [5.41, 5.74) is 0.385. The van der Waals surface area contributed by atoms with E-state index in [-0.39, 0.29) is 22.8 Å². The lowest BCUT2D eigenvalue weighted by Crippen LogP contribution is -2.28. The lowest BCUT2D eigenvalue weighted by Gasteiger charge is -2.27. The molecule has 1 aliphatic rings. The number of fused-ring (bicyclic) bond motifs is 1. The summed E-state index contributed by atoms with van der Waals surface area (Å²) in [5, 5.41) is 14.5. The van der Waals surface area contributed by atoms with E-state index in [0.29, 0.717) is 16.1 Å². The fraction of sp³-hybridized carbons (Fsp3) is 0.300. The van der Waals surface area contributed by atoms with Crippen LogP contribution in [0, 0.1) is 0 Å². The van der Waals surface area contributed by atoms with Crippen LogP contribution < -0.4 is 15.6 Å². The first-order chi connectivity index (χ1) is 13.0. The van der Waals surface area contributed by atoms with Crippen LogP contribution >= 0.6 is 11.3 Å². The molecule has 3 heterocycles. The molecule has 2 N–H and O–H groups in total. The molecule has 140 valence electrons. The Morgan fingerprint density at radius 1 is 1.19 bits per heavy atom. The number of thiophene rings is 1. The van der Waals surface area contributed by atoms with Gasteiger partial charge in [0, 0.05) is 31.8 Å². The molecule has 2 aromatic heterocycles. The molecule has 0 bridgehead atoms. The largest absolute Gasteiger partial charge is 0.501 e. The van der Waals surface area contributed by atoms with Gasteiger partial charge < -0.3 is 19.7 Å². The zero-order chi connectivity index (χ0) is 19.0. The Morgan fingerprint density at radius 2 is 1.96 bits per heavy atom. The van der Waals surface area contributed by atoms with Gasteiger partial charge in [-0.2, -0.15) is 0 Å². The van der Waals surface area contributed by atoms with Crippen molar-refractivity contribution in [3.8, 4) is 16.4 Å². The number of nitrogens with zero attached hydrogens (tertiary/aromatic N) is 1. The van der Waals surface area contributed by atoms with Crippen molar-refractivity contribution in [3.05, 3.63) is 40.6 Å². The maximum atomic E-state index is 12.6. The van der Waals surface area contributed by atoms with E-state index in [2.05, 4.69) is 10.2 Å². The van der Waals surface area contributed by atoms with Crippen molar-refractivity contribution < 1.29 is 14.3 Å². The first kappa shape index (κ1) is 17.6. The topological polar surface area (TPSA) is 82.8 Å². The highest BCUT2D eigenvalue weighted by molar-refractivity contribution is 7.19. The minimum atomic E-state index is -0.478. The van der Waals surface area contributed by atoms with Gasteiger partial charge in [-0.05, 0) is 43.5 Å². The van der Waals surface area contributed by atoms with Gasteiger partial charge in [0.05, 0.1) is 15.3 Å². The molecule has 0 aliphatic carbocycles. The number of nitrogens with one attached hydrogen (secondary N) is 1. The van der Waals surface area contributed by atoms with E-state index in [1.165, 1.54) is 37.5 Å². The van der Waals surface area contributed by atoms with Crippen LogP contribution in [0.5, 0.6) is 5.75 Å². The van der Waals surface area contributed by atoms with Gasteiger partial charge in [0.2, 0.25) is 17.1 Å². The van der Waals surface area contributed by atoms with Crippen LogP contribution in [0.4, 0.5) is 10.7 Å². The van der Waals surface area contributed by atoms with Crippen molar-refractivity contribution in [2.75, 3.05) is 23.3 Å². The van der Waals surface area contributed by atoms with Crippen LogP contribution in [-0.2, 0) is 4.79 Å². The molecule has 1 aliphatic heterocycles. The van der Waals surface area contributed by atoms with Crippen molar-refractivity contribution in [2.24, 2.45) is 0 Å². The van der Waals surface area contributed by atoms with Crippen molar-refractivity contribution in [1.82, 2.24) is 0 Å². The number of piperidine rings is 1. The molecule has 6 nitrogen and oxygen atoms in total. The fourth-order valence-corrected chi connectivity index (χ4v) is 4.41. The highest BCUT2D eigenvalue weighted by Gasteiger charge is 2.19. The first-order valence-electron chi connectivity index (χ1n) is 8.95. The fourth-order valence-electron chi connectivity index (χ4n) is 3.37. The van der Waals surface area contributed by atoms with E-state index >= 15 is 0 Å². The summed E-state index contributed by atoms with van der Waals surface area (Å²) in [6, 6.07) is 8.63. The lowest BCUT2D eigenvalue weighted by atomic mass is 10.1. The number of hydrogen-bond donors (Lipinski definition) is 2. The molecule has 4 rings (SSSR count). The lowest BCUT2D eigenvalue weighted by molar-refractivity contribution is -0.114. The Balaban J connectivity index is 1.76. The summed E-state index contributed by atoms with van der Waals surface area (Å²) in [5.74, 6) is -0.428. The molecule has 7 heteroatoms. The zero-order valence-electron chi connectivity index (χ0n) is 14.9. The van der Waals surface area contributed by atoms with Gasteiger partial charge in [-0.1, -0.05) is 0 Å². The molecule has 1 amide bonds. The van der Waals surface area contributed by atoms with Crippen molar-refractivity contribution >= 4 is 38.9 Å². The normalized spacial score (nSPS) is 14.5. The highest BCUT2D eigenvalue weighted by Crippen LogP contribution is 2.39. The summed E-state index contributed by atoms with van der Waals surface area (Å²) < 4.78 is 5.87. The molecule has 0 saturated carbocycles. The van der Waals surface area contributed by atoms with E-state index in [4.69, 9.17) is 4.42 Å². The number of carbonyl (C=O) groups excluding carboxylic acids is 1. The van der Waals surface area contributed by atoms with E-state index in [1.54, 1.807) is 18.2 Å². The van der Waals surface area contributed by atoms with Crippen LogP contribution in [-0.4, -0.2) is 24.1 Å². The average Bonchev–Trinajstić information content (AvgIpc) is 3.15. The smallest absolute Gasteiger partial charge is 0.235 e. The minimum absolute atomic E-state index is 0.167. The quantitative estimate of drug-likeness (QED) is 0.708. The van der Waals surface area contributed by atoms with Gasteiger partial charge in [-0.3, -0.25) is 9.59 Å². The molecular weight excluding hydrogens is 364 g/mol. The molecule has 27 heavy (non-hydrogen) atoms. The second kappa shape index (κ2) is 7.08. The second-order valence-electron chi connectivity index (χ2n) is 6.69. The van der Waals surface area contributed by atoms with Crippen LogP contribution in [0.15, 0.2) is 39.5 Å². The standard InChI is InChI=1S/C20H20N2O4S/c1-12(23)21-13-5-6-14-15(11-13)26-20(19(25)18(14)24)16-7-8-17(27-16)22-9-3-2-4-10-22/h5-8,11,25H,2-4,9-10H2,1H3,(H,21,23). The van der Waals surface area contributed by atoms with Gasteiger partial charge >= 0.3 is 0 Å². The second-order valence-corrected chi connectivity index (χ2v) is 7.75. The summed E-state index contributed by atoms with van der Waals surface area (Å²) in [7, 11) is 0. The number of aromatic hydroxyl groups is 1. The molecular formula is C20H20N2O4S. The monoisotopic (exact) mass is 384 g/mol. The number of benzene rings is 1. The third-order valence-corrected chi connectivity index (χ3v) is 5.82. The average molecular weight is 384 g/mol. The molecule has 1 fully saturated rings. The Bertz CT molecular complexity index is 1060. The summed E-state index contributed by atoms with van der Waals surface area (Å²) in [6.45, 7) is 3.46. The Labute approximate surface area is 160 Å². The Morgan fingerprint density at radius 3 is 2.70 bits per heavy atom. The van der Waals surface area contributed by atoms with Gasteiger partial charge in [-0.15, -0.1) is 11.3 Å². The number of hydrogen-bond acceptors (Lipinski definition) is 6. The summed E-state index contributed by atoms with van der Waals surface area (Å²) in [6.07, 6.45) is 3.61. The van der Waals surface area contributed by atoms with Gasteiger partial charge in [0.15, 0.2) is 5.76 Å². The third kappa shape index (κ3) is 3.42. The van der Waals surface area contributed by atoms with E-state index < -0.39 is 5.43 Å². The SMILES string of the molecule is CC(=O)Nc1ccc2c(=O)c(O)c(-c3ccc(N4CCCCC4)s3)oc2c1. The summed E-state index contributed by atoms with van der Waals surface area (Å²) in [4.78, 5) is 26.9. The number of rotatable bonds is 3. The molecule has 0 atom stereocenters. The predicted octanol–water partition coefficient (Wildman–Crippen LogP) is 4.18. The van der Waals surface area contributed by atoms with Gasteiger partial charge in [0.25, 0.3) is 0 Å². The summed E-state index contributed by atoms with van der Waals surface area (Å²) >= 11 is 1.50. The number of amides is 1. The zero-order valence-corrected chi connectivity index (χ0v) is 15.8. The van der Waals surface area contributed by atoms with Crippen molar-refractivity contribution in [3.63, 3.8) is 0 Å². The predicted molar refractivity (Wildman–Crippen MR) is 108 cm³/mol. The van der Waals surface area contributed by atoms with Gasteiger partial charge in [-0.25, -0.2) is 0 Å². The Kier molecular flexibility index (Phi) is 4.61. The van der Waals surface area contributed by atoms with Crippen LogP contribution in [0.25, 0.3) is 21.6 Å². The maximum Gasteiger partial charge on any atom is 0.235 e. The van der Waals surface area contributed by atoms with E-state index in [0.717, 1.165) is 18.1 Å². The molecule has 0 radical (unpaired) electrons. The van der Waals surface area contributed by atoms with E-state index in [9.17, 15) is 14.7 Å². The van der Waals surface area contributed by atoms with Gasteiger partial charge in [0.1, 0.15) is 5.58 Å². The van der Waals surface area contributed by atoms with Crippen molar-refractivity contribution in [2.45, 2.75) is 26.2 Å². The van der Waals surface area contributed by atoms with E-state index in [1.807, 2.05) is 12.1 Å². The molecule has 1 aromatic carbocycles. The molecule has 3 aromatic rings. The maximum absolute atomic E-state index is 12.6. The highest BCUT2D eigenvalue weighted by atomic mass is 32.1. The van der Waals surface area contributed by atoms with Crippen LogP contribution in [0.1, 0.15) is 26.2 Å². The molecule has 0 spiro atoms. The number of anilines is 2.